The van der Waals surface area contributed by atoms with Crippen molar-refractivity contribution in [3.63, 3.8) is 0 Å². The average Bonchev–Trinajstić information content (AvgIpc) is 2.24. The summed E-state index contributed by atoms with van der Waals surface area (Å²) in [5.41, 5.74) is 0. The minimum Gasteiger partial charge on any atom is -0.314 e. The molecule has 0 radical (unpaired) electrons. The molecule has 0 saturated carbocycles. The summed E-state index contributed by atoms with van der Waals surface area (Å²) in [6.07, 6.45) is 1.28. The molecule has 15 heavy (non-hydrogen) atoms. The molecule has 0 aromatic rings. The standard InChI is InChI=1S/C11H24N4/c1-14-5-3-12-8-10(14)7-11-9-13-4-6-15(11)2/h10-13H,3-9H2,1-2H3. The van der Waals surface area contributed by atoms with E-state index >= 15 is 0 Å². The third-order valence-electron chi connectivity index (χ3n) is 3.83. The van der Waals surface area contributed by atoms with Crippen LogP contribution < -0.4 is 10.6 Å². The minimum atomic E-state index is 0.714. The van der Waals surface area contributed by atoms with Gasteiger partial charge in [-0.2, -0.15) is 0 Å². The number of nitrogens with zero attached hydrogens (tertiary/aromatic N) is 2. The molecule has 0 aromatic heterocycles. The van der Waals surface area contributed by atoms with Gasteiger partial charge in [0.1, 0.15) is 0 Å². The molecule has 0 amide bonds. The summed E-state index contributed by atoms with van der Waals surface area (Å²) in [5, 5.41) is 6.98. The number of nitrogens with one attached hydrogen (secondary N) is 2. The number of hydrogen-bond donors (Lipinski definition) is 2. The van der Waals surface area contributed by atoms with Crippen LogP contribution in [0, 0.1) is 0 Å². The van der Waals surface area contributed by atoms with Crippen molar-refractivity contribution in [1.29, 1.82) is 0 Å². The molecular weight excluding hydrogens is 188 g/mol. The molecule has 4 nitrogen and oxygen atoms in total. The zero-order valence-corrected chi connectivity index (χ0v) is 10.00. The zero-order valence-electron chi connectivity index (χ0n) is 10.00. The normalized spacial score (nSPS) is 35.6. The van der Waals surface area contributed by atoms with E-state index in [2.05, 4.69) is 34.5 Å². The van der Waals surface area contributed by atoms with Crippen LogP contribution in [0.3, 0.4) is 0 Å². The van der Waals surface area contributed by atoms with Crippen molar-refractivity contribution in [1.82, 2.24) is 20.4 Å². The summed E-state index contributed by atoms with van der Waals surface area (Å²) >= 11 is 0. The minimum absolute atomic E-state index is 0.714. The highest BCUT2D eigenvalue weighted by molar-refractivity contribution is 4.86. The maximum atomic E-state index is 3.49. The van der Waals surface area contributed by atoms with E-state index in [1.165, 1.54) is 19.5 Å². The van der Waals surface area contributed by atoms with Crippen molar-refractivity contribution in [3.8, 4) is 0 Å². The molecule has 0 bridgehead atoms. The van der Waals surface area contributed by atoms with Crippen LogP contribution in [-0.4, -0.2) is 75.2 Å². The van der Waals surface area contributed by atoms with E-state index in [1.54, 1.807) is 0 Å². The molecule has 2 atom stereocenters. The fourth-order valence-electron chi connectivity index (χ4n) is 2.57. The molecule has 88 valence electrons. The Labute approximate surface area is 93.0 Å². The largest absolute Gasteiger partial charge is 0.314 e. The topological polar surface area (TPSA) is 30.5 Å². The maximum Gasteiger partial charge on any atom is 0.0233 e. The molecule has 4 heteroatoms. The van der Waals surface area contributed by atoms with Crippen LogP contribution in [0.1, 0.15) is 6.42 Å². The Morgan fingerprint density at radius 3 is 1.80 bits per heavy atom. The fourth-order valence-corrected chi connectivity index (χ4v) is 2.57. The average molecular weight is 212 g/mol. The first kappa shape index (κ1) is 11.3. The Balaban J connectivity index is 1.83. The molecule has 2 rings (SSSR count). The van der Waals surface area contributed by atoms with Gasteiger partial charge >= 0.3 is 0 Å². The second-order valence-electron chi connectivity index (χ2n) is 4.91. The molecule has 2 N–H and O–H groups in total. The molecule has 2 aliphatic rings. The van der Waals surface area contributed by atoms with Crippen LogP contribution in [0.15, 0.2) is 0 Å². The van der Waals surface area contributed by atoms with E-state index in [1.807, 2.05) is 0 Å². The van der Waals surface area contributed by atoms with Gasteiger partial charge in [0.05, 0.1) is 0 Å². The molecule has 2 fully saturated rings. The molecule has 2 heterocycles. The first-order valence-electron chi connectivity index (χ1n) is 6.09. The van der Waals surface area contributed by atoms with Crippen LogP contribution in [0.5, 0.6) is 0 Å². The Morgan fingerprint density at radius 1 is 0.933 bits per heavy atom. The second kappa shape index (κ2) is 5.25. The smallest absolute Gasteiger partial charge is 0.0233 e. The lowest BCUT2D eigenvalue weighted by atomic mass is 10.0. The van der Waals surface area contributed by atoms with E-state index in [9.17, 15) is 0 Å². The van der Waals surface area contributed by atoms with E-state index in [-0.39, 0.29) is 0 Å². The van der Waals surface area contributed by atoms with Crippen molar-refractivity contribution in [2.75, 3.05) is 53.4 Å². The molecule has 2 aliphatic heterocycles. The fraction of sp³-hybridized carbons (Fsp3) is 1.00. The lowest BCUT2D eigenvalue weighted by molar-refractivity contribution is 0.123. The highest BCUT2D eigenvalue weighted by Crippen LogP contribution is 2.12. The van der Waals surface area contributed by atoms with Gasteiger partial charge in [-0.1, -0.05) is 0 Å². The summed E-state index contributed by atoms with van der Waals surface area (Å²) in [6.45, 7) is 6.97. The van der Waals surface area contributed by atoms with Crippen LogP contribution in [0.4, 0.5) is 0 Å². The van der Waals surface area contributed by atoms with Crippen molar-refractivity contribution in [3.05, 3.63) is 0 Å². The summed E-state index contributed by atoms with van der Waals surface area (Å²) in [7, 11) is 4.50. The number of piperazine rings is 2. The van der Waals surface area contributed by atoms with Gasteiger partial charge in [-0.3, -0.25) is 0 Å². The van der Waals surface area contributed by atoms with Gasteiger partial charge < -0.3 is 20.4 Å². The highest BCUT2D eigenvalue weighted by Gasteiger charge is 2.26. The van der Waals surface area contributed by atoms with Gasteiger partial charge in [0.2, 0.25) is 0 Å². The molecule has 2 unspecified atom stereocenters. The van der Waals surface area contributed by atoms with E-state index < -0.39 is 0 Å². The first-order valence-corrected chi connectivity index (χ1v) is 6.09. The van der Waals surface area contributed by atoms with Gasteiger partial charge in [-0.15, -0.1) is 0 Å². The zero-order chi connectivity index (χ0) is 10.7. The van der Waals surface area contributed by atoms with Crippen LogP contribution in [0.25, 0.3) is 0 Å². The third kappa shape index (κ3) is 2.91. The lowest BCUT2D eigenvalue weighted by Crippen LogP contribution is -2.55. The van der Waals surface area contributed by atoms with Gasteiger partial charge in [0.25, 0.3) is 0 Å². The third-order valence-corrected chi connectivity index (χ3v) is 3.83. The van der Waals surface area contributed by atoms with Gasteiger partial charge in [0.15, 0.2) is 0 Å². The Bertz CT molecular complexity index is 177. The Hall–Kier alpha value is -0.160. The van der Waals surface area contributed by atoms with Crippen molar-refractivity contribution >= 4 is 0 Å². The molecule has 0 aliphatic carbocycles. The van der Waals surface area contributed by atoms with Gasteiger partial charge in [0, 0.05) is 51.4 Å². The predicted molar refractivity (Wildman–Crippen MR) is 63.2 cm³/mol. The maximum absolute atomic E-state index is 3.49. The molecular formula is C11H24N4. The Morgan fingerprint density at radius 2 is 1.40 bits per heavy atom. The van der Waals surface area contributed by atoms with Crippen molar-refractivity contribution in [2.45, 2.75) is 18.5 Å². The lowest BCUT2D eigenvalue weighted by Gasteiger charge is -2.40. The number of likely N-dealkylation sites (N-methyl/N-ethyl adjacent to an activating group) is 2. The second-order valence-corrected chi connectivity index (χ2v) is 4.91. The summed E-state index contributed by atoms with van der Waals surface area (Å²) in [6, 6.07) is 1.43. The van der Waals surface area contributed by atoms with Gasteiger partial charge in [-0.25, -0.2) is 0 Å². The van der Waals surface area contributed by atoms with Crippen molar-refractivity contribution < 1.29 is 0 Å². The summed E-state index contributed by atoms with van der Waals surface area (Å²) < 4.78 is 0. The van der Waals surface area contributed by atoms with E-state index in [0.29, 0.717) is 12.1 Å². The molecule has 0 aromatic carbocycles. The molecule has 0 spiro atoms. The van der Waals surface area contributed by atoms with E-state index in [4.69, 9.17) is 0 Å². The van der Waals surface area contributed by atoms with Crippen LogP contribution >= 0.6 is 0 Å². The highest BCUT2D eigenvalue weighted by atomic mass is 15.2. The monoisotopic (exact) mass is 212 g/mol. The van der Waals surface area contributed by atoms with E-state index in [0.717, 1.165) is 26.2 Å². The Kier molecular flexibility index (Phi) is 3.97. The number of rotatable bonds is 2. The molecule has 2 saturated heterocycles. The summed E-state index contributed by atoms with van der Waals surface area (Å²) in [5.74, 6) is 0. The van der Waals surface area contributed by atoms with Gasteiger partial charge in [-0.05, 0) is 20.5 Å². The predicted octanol–water partition coefficient (Wildman–Crippen LogP) is -0.816. The summed E-state index contributed by atoms with van der Waals surface area (Å²) in [4.78, 5) is 5.00. The SMILES string of the molecule is CN1CCNCC1CC1CNCCN1C. The van der Waals surface area contributed by atoms with Crippen molar-refractivity contribution in [2.24, 2.45) is 0 Å². The quantitative estimate of drug-likeness (QED) is 0.626. The van der Waals surface area contributed by atoms with Crippen LogP contribution in [0.2, 0.25) is 0 Å². The first-order chi connectivity index (χ1) is 7.27. The van der Waals surface area contributed by atoms with Crippen LogP contribution in [-0.2, 0) is 0 Å². The number of hydrogen-bond acceptors (Lipinski definition) is 4.